The maximum atomic E-state index is 13.7. The molecule has 0 radical (unpaired) electrons. The van der Waals surface area contributed by atoms with Gasteiger partial charge in [0, 0.05) is 59.9 Å². The number of hydrogen-bond donors (Lipinski definition) is 2. The number of rotatable bonds is 11. The van der Waals surface area contributed by atoms with E-state index in [1.165, 1.54) is 47.0 Å². The molecular formula is C36H36F3N5O6S. The molecule has 2 heterocycles. The second kappa shape index (κ2) is 15.4. The van der Waals surface area contributed by atoms with Gasteiger partial charge in [-0.1, -0.05) is 12.1 Å². The van der Waals surface area contributed by atoms with E-state index in [2.05, 4.69) is 25.3 Å². The number of anilines is 1. The van der Waals surface area contributed by atoms with Crippen LogP contribution in [0, 0.1) is 5.82 Å². The van der Waals surface area contributed by atoms with Crippen LogP contribution in [-0.2, 0) is 20.3 Å². The molecule has 2 aromatic heterocycles. The van der Waals surface area contributed by atoms with Crippen molar-refractivity contribution in [3.8, 4) is 22.5 Å². The van der Waals surface area contributed by atoms with E-state index in [0.717, 1.165) is 6.26 Å². The van der Waals surface area contributed by atoms with Gasteiger partial charge in [-0.3, -0.25) is 13.9 Å². The quantitative estimate of drug-likeness (QED) is 0.153. The Morgan fingerprint density at radius 2 is 1.73 bits per heavy atom. The molecule has 0 atom stereocenters. The van der Waals surface area contributed by atoms with Crippen LogP contribution in [-0.4, -0.2) is 70.2 Å². The average molecular weight is 724 g/mol. The molecule has 0 saturated heterocycles. The number of amides is 1. The van der Waals surface area contributed by atoms with Gasteiger partial charge in [0.2, 0.25) is 10.0 Å². The molecule has 15 heteroatoms. The predicted octanol–water partition coefficient (Wildman–Crippen LogP) is 6.16. The number of nitrogens with zero attached hydrogens (tertiary/aromatic N) is 3. The number of aromatic nitrogens is 2. The van der Waals surface area contributed by atoms with Crippen molar-refractivity contribution in [2.45, 2.75) is 38.0 Å². The number of fused-ring (bicyclic) bond motifs is 1. The fourth-order valence-corrected chi connectivity index (χ4v) is 7.05. The van der Waals surface area contributed by atoms with Crippen LogP contribution in [0.4, 0.5) is 18.9 Å². The van der Waals surface area contributed by atoms with Crippen molar-refractivity contribution in [3.63, 3.8) is 0 Å². The number of carbonyl (C=O) groups is 2. The number of sulfonamides is 1. The van der Waals surface area contributed by atoms with Crippen LogP contribution in [0.15, 0.2) is 83.5 Å². The van der Waals surface area contributed by atoms with Gasteiger partial charge in [-0.05, 0) is 75.1 Å². The molecule has 1 aliphatic rings. The van der Waals surface area contributed by atoms with Crippen molar-refractivity contribution in [2.75, 3.05) is 31.2 Å². The average Bonchev–Trinajstić information content (AvgIpc) is 3.45. The smallest absolute Gasteiger partial charge is 0.345 e. The Morgan fingerprint density at radius 3 is 2.31 bits per heavy atom. The number of halogens is 3. The van der Waals surface area contributed by atoms with Gasteiger partial charge in [-0.2, -0.15) is 8.78 Å². The van der Waals surface area contributed by atoms with Crippen LogP contribution in [0.1, 0.15) is 46.3 Å². The van der Waals surface area contributed by atoms with Gasteiger partial charge in [-0.15, -0.1) is 0 Å². The summed E-state index contributed by atoms with van der Waals surface area (Å²) in [6.45, 7) is -1.25. The summed E-state index contributed by atoms with van der Waals surface area (Å²) < 4.78 is 77.2. The second-order valence-electron chi connectivity index (χ2n) is 11.9. The van der Waals surface area contributed by atoms with E-state index >= 15 is 0 Å². The Labute approximate surface area is 292 Å². The molecule has 6 rings (SSSR count). The molecule has 11 nitrogen and oxygen atoms in total. The highest BCUT2D eigenvalue weighted by atomic mass is 32.2. The molecule has 0 bridgehead atoms. The molecule has 0 unspecified atom stereocenters. The van der Waals surface area contributed by atoms with Crippen molar-refractivity contribution < 1.29 is 40.3 Å². The van der Waals surface area contributed by atoms with Crippen molar-refractivity contribution in [2.24, 2.45) is 0 Å². The Hall–Kier alpha value is -5.12. The van der Waals surface area contributed by atoms with Crippen molar-refractivity contribution in [1.29, 1.82) is 0 Å². The molecule has 2 N–H and O–H groups in total. The summed E-state index contributed by atoms with van der Waals surface area (Å²) in [5.41, 5.74) is 0.943. The van der Waals surface area contributed by atoms with E-state index in [1.54, 1.807) is 43.3 Å². The summed E-state index contributed by atoms with van der Waals surface area (Å²) >= 11 is 0. The summed E-state index contributed by atoms with van der Waals surface area (Å²) in [7, 11) is -0.0518. The number of benzene rings is 3. The SMILES string of the molecule is CCN(c1cc2oc(-c3ccc(F)cc3)c(C=O)c2cc1-c1cccc(C(=O)NC2(c3ncccn3)CC(OC(F)F)C2)c1)S(C)(=O)=O.CNC. The van der Waals surface area contributed by atoms with Crippen LogP contribution >= 0.6 is 0 Å². The maximum Gasteiger partial charge on any atom is 0.345 e. The second-order valence-corrected chi connectivity index (χ2v) is 13.8. The van der Waals surface area contributed by atoms with Gasteiger partial charge in [-0.25, -0.2) is 22.8 Å². The highest BCUT2D eigenvalue weighted by Gasteiger charge is 2.50. The highest BCUT2D eigenvalue weighted by Crippen LogP contribution is 2.44. The largest absolute Gasteiger partial charge is 0.455 e. The van der Waals surface area contributed by atoms with Crippen LogP contribution in [0.25, 0.3) is 33.4 Å². The molecule has 3 aromatic carbocycles. The molecule has 51 heavy (non-hydrogen) atoms. The van der Waals surface area contributed by atoms with E-state index in [1.807, 2.05) is 14.1 Å². The first-order valence-electron chi connectivity index (χ1n) is 15.9. The monoisotopic (exact) mass is 723 g/mol. The molecule has 5 aromatic rings. The Bertz CT molecular complexity index is 2120. The lowest BCUT2D eigenvalue weighted by molar-refractivity contribution is -0.198. The van der Waals surface area contributed by atoms with Gasteiger partial charge in [0.1, 0.15) is 22.7 Å². The third kappa shape index (κ3) is 7.95. The van der Waals surface area contributed by atoms with Crippen molar-refractivity contribution in [1.82, 2.24) is 20.6 Å². The van der Waals surface area contributed by atoms with E-state index < -0.39 is 40.0 Å². The molecule has 1 saturated carbocycles. The van der Waals surface area contributed by atoms with E-state index in [-0.39, 0.29) is 53.4 Å². The minimum absolute atomic E-state index is 0.0266. The summed E-state index contributed by atoms with van der Waals surface area (Å²) in [6.07, 6.45) is 3.89. The maximum absolute atomic E-state index is 13.7. The van der Waals surface area contributed by atoms with E-state index in [9.17, 15) is 31.2 Å². The Morgan fingerprint density at radius 1 is 1.06 bits per heavy atom. The summed E-state index contributed by atoms with van der Waals surface area (Å²) in [5.74, 6) is -0.583. The number of nitrogens with one attached hydrogen (secondary N) is 2. The predicted molar refractivity (Wildman–Crippen MR) is 187 cm³/mol. The summed E-state index contributed by atoms with van der Waals surface area (Å²) in [5, 5.41) is 6.03. The van der Waals surface area contributed by atoms with Gasteiger partial charge in [0.05, 0.1) is 23.6 Å². The van der Waals surface area contributed by atoms with Crippen molar-refractivity contribution >= 4 is 38.9 Å². The van der Waals surface area contributed by atoms with Crippen LogP contribution in [0.5, 0.6) is 0 Å². The number of alkyl halides is 2. The first kappa shape index (κ1) is 37.1. The lowest BCUT2D eigenvalue weighted by atomic mass is 9.73. The summed E-state index contributed by atoms with van der Waals surface area (Å²) in [4.78, 5) is 34.6. The zero-order valence-electron chi connectivity index (χ0n) is 28.2. The molecular weight excluding hydrogens is 687 g/mol. The first-order valence-corrected chi connectivity index (χ1v) is 17.7. The third-order valence-corrected chi connectivity index (χ3v) is 9.51. The molecule has 268 valence electrons. The van der Waals surface area contributed by atoms with E-state index in [0.29, 0.717) is 28.4 Å². The Balaban J connectivity index is 0.00000162. The lowest BCUT2D eigenvalue weighted by Gasteiger charge is -2.46. The normalized spacial score (nSPS) is 17.0. The van der Waals surface area contributed by atoms with Gasteiger partial charge >= 0.3 is 6.61 Å². The minimum Gasteiger partial charge on any atom is -0.455 e. The van der Waals surface area contributed by atoms with Crippen LogP contribution in [0.3, 0.4) is 0 Å². The Kier molecular flexibility index (Phi) is 11.2. The highest BCUT2D eigenvalue weighted by molar-refractivity contribution is 7.92. The van der Waals surface area contributed by atoms with Gasteiger partial charge in [0.15, 0.2) is 12.1 Å². The zero-order valence-corrected chi connectivity index (χ0v) is 29.0. The van der Waals surface area contributed by atoms with Crippen molar-refractivity contribution in [3.05, 3.63) is 102 Å². The number of carbonyl (C=O) groups excluding carboxylic acids is 2. The van der Waals surface area contributed by atoms with Gasteiger partial charge in [0.25, 0.3) is 5.91 Å². The fraction of sp³-hybridized carbons (Fsp3) is 0.278. The number of ether oxygens (including phenoxy) is 1. The molecule has 0 aliphatic heterocycles. The first-order chi connectivity index (χ1) is 24.3. The van der Waals surface area contributed by atoms with Crippen LogP contribution < -0.4 is 14.9 Å². The number of furan rings is 1. The van der Waals surface area contributed by atoms with Gasteiger partial charge < -0.3 is 19.8 Å². The number of aldehydes is 1. The minimum atomic E-state index is -3.80. The summed E-state index contributed by atoms with van der Waals surface area (Å²) in [6, 6.07) is 16.5. The zero-order chi connectivity index (χ0) is 36.9. The number of hydrogen-bond acceptors (Lipinski definition) is 9. The lowest BCUT2D eigenvalue weighted by Crippen LogP contribution is -2.58. The standard InChI is InChI=1S/C34H29F3N4O6S.C2H7N/c1-3-41(48(2,44)45)28-16-29-26(27(19-42)30(47-29)20-8-10-23(35)11-9-20)15-25(28)21-6-4-7-22(14-21)31(43)40-34(32-38-12-5-13-39-32)17-24(18-34)46-33(36)37;1-3-2/h4-16,19,24,33H,3,17-18H2,1-2H3,(H,40,43);3H,1-2H3. The van der Waals surface area contributed by atoms with E-state index in [4.69, 9.17) is 4.42 Å². The van der Waals surface area contributed by atoms with Crippen LogP contribution in [0.2, 0.25) is 0 Å². The fourth-order valence-electron chi connectivity index (χ4n) is 6.07. The molecule has 0 spiro atoms. The molecule has 1 aliphatic carbocycles. The third-order valence-electron chi connectivity index (χ3n) is 8.26. The topological polar surface area (TPSA) is 144 Å². The molecule has 1 fully saturated rings. The molecule has 1 amide bonds.